The molecule has 1 atom stereocenters. The highest BCUT2D eigenvalue weighted by molar-refractivity contribution is 5.94. The van der Waals surface area contributed by atoms with Crippen molar-refractivity contribution in [1.82, 2.24) is 14.4 Å². The third-order valence-electron chi connectivity index (χ3n) is 5.27. The summed E-state index contributed by atoms with van der Waals surface area (Å²) in [7, 11) is 1.98. The maximum absolute atomic E-state index is 13.2. The fourth-order valence-electron chi connectivity index (χ4n) is 3.30. The topological polar surface area (TPSA) is 45.6 Å². The molecule has 0 aliphatic rings. The van der Waals surface area contributed by atoms with Crippen LogP contribution in [0.1, 0.15) is 45.4 Å². The molecule has 2 amide bonds. The van der Waals surface area contributed by atoms with Crippen LogP contribution >= 0.6 is 0 Å². The van der Waals surface area contributed by atoms with Gasteiger partial charge in [-0.25, -0.2) is 0 Å². The Bertz CT molecular complexity index is 839. The highest BCUT2D eigenvalue weighted by Gasteiger charge is 2.24. The van der Waals surface area contributed by atoms with E-state index in [1.165, 1.54) is 0 Å². The maximum atomic E-state index is 13.2. The zero-order valence-corrected chi connectivity index (χ0v) is 18.9. The van der Waals surface area contributed by atoms with Crippen molar-refractivity contribution in [3.8, 4) is 0 Å². The molecule has 162 valence electrons. The van der Waals surface area contributed by atoms with Crippen LogP contribution < -0.4 is 0 Å². The Labute approximate surface area is 181 Å². The normalized spacial score (nSPS) is 12.3. The van der Waals surface area contributed by atoms with Crippen molar-refractivity contribution in [3.63, 3.8) is 0 Å². The smallest absolute Gasteiger partial charge is 0.247 e. The van der Waals surface area contributed by atoms with Crippen molar-refractivity contribution in [2.45, 2.75) is 46.7 Å². The predicted molar refractivity (Wildman–Crippen MR) is 123 cm³/mol. The van der Waals surface area contributed by atoms with Crippen molar-refractivity contribution >= 4 is 17.9 Å². The van der Waals surface area contributed by atoms with Crippen molar-refractivity contribution in [2.24, 2.45) is 13.0 Å². The quantitative estimate of drug-likeness (QED) is 0.548. The van der Waals surface area contributed by atoms with Crippen LogP contribution in [0.4, 0.5) is 0 Å². The van der Waals surface area contributed by atoms with Gasteiger partial charge in [0, 0.05) is 37.6 Å². The van der Waals surface area contributed by atoms with Crippen LogP contribution in [0.3, 0.4) is 0 Å². The molecule has 0 bridgehead atoms. The van der Waals surface area contributed by atoms with E-state index < -0.39 is 0 Å². The number of carbonyl (C=O) groups excluding carboxylic acids is 2. The molecular weight excluding hydrogens is 374 g/mol. The van der Waals surface area contributed by atoms with Gasteiger partial charge in [0.25, 0.3) is 0 Å². The van der Waals surface area contributed by atoms with Crippen LogP contribution in [0, 0.1) is 5.92 Å². The second-order valence-corrected chi connectivity index (χ2v) is 8.25. The summed E-state index contributed by atoms with van der Waals surface area (Å²) in [6.45, 7) is 9.52. The van der Waals surface area contributed by atoms with Gasteiger partial charge in [-0.3, -0.25) is 9.59 Å². The Morgan fingerprint density at radius 3 is 2.33 bits per heavy atom. The van der Waals surface area contributed by atoms with E-state index >= 15 is 0 Å². The Morgan fingerprint density at radius 1 is 1.07 bits per heavy atom. The van der Waals surface area contributed by atoms with Crippen LogP contribution in [0.5, 0.6) is 0 Å². The van der Waals surface area contributed by atoms with E-state index in [1.54, 1.807) is 17.1 Å². The Morgan fingerprint density at radius 2 is 1.77 bits per heavy atom. The number of hydrogen-bond donors (Lipinski definition) is 0. The fraction of sp³-hybridized carbons (Fsp3) is 0.440. The maximum Gasteiger partial charge on any atom is 0.247 e. The summed E-state index contributed by atoms with van der Waals surface area (Å²) in [5, 5.41) is 0. The molecule has 5 heteroatoms. The van der Waals surface area contributed by atoms with Gasteiger partial charge in [0.15, 0.2) is 0 Å². The first kappa shape index (κ1) is 23.5. The predicted octanol–water partition coefficient (Wildman–Crippen LogP) is 4.35. The molecule has 1 heterocycles. The average molecular weight is 410 g/mol. The SMILES string of the molecule is CC[C@@H](C)N(CC(=O)N(Cc1cccn1C)CC(C)C)C(=O)/C=C/c1ccccc1. The standard InChI is InChI=1S/C25H35N3O2/c1-6-21(4)28(24(29)15-14-22-11-8-7-9-12-22)19-25(30)27(17-20(2)3)18-23-13-10-16-26(23)5/h7-16,20-21H,6,17-19H2,1-5H3/b15-14+/t21-/m1/s1. The van der Waals surface area contributed by atoms with Crippen LogP contribution in [0.2, 0.25) is 0 Å². The number of aromatic nitrogens is 1. The third-order valence-corrected chi connectivity index (χ3v) is 5.27. The first-order valence-corrected chi connectivity index (χ1v) is 10.7. The van der Waals surface area contributed by atoms with E-state index in [0.717, 1.165) is 17.7 Å². The number of amides is 2. The number of benzene rings is 1. The molecule has 0 N–H and O–H groups in total. The van der Waals surface area contributed by atoms with E-state index in [2.05, 4.69) is 13.8 Å². The van der Waals surface area contributed by atoms with Crippen molar-refractivity contribution in [1.29, 1.82) is 0 Å². The largest absolute Gasteiger partial charge is 0.353 e. The zero-order chi connectivity index (χ0) is 22.1. The molecule has 0 aliphatic carbocycles. The van der Waals surface area contributed by atoms with E-state index in [-0.39, 0.29) is 24.4 Å². The highest BCUT2D eigenvalue weighted by atomic mass is 16.2. The molecule has 0 radical (unpaired) electrons. The number of carbonyl (C=O) groups is 2. The van der Waals surface area contributed by atoms with Gasteiger partial charge < -0.3 is 14.4 Å². The molecule has 0 saturated heterocycles. The zero-order valence-electron chi connectivity index (χ0n) is 18.9. The minimum atomic E-state index is -0.134. The molecule has 0 aliphatic heterocycles. The van der Waals surface area contributed by atoms with Crippen LogP contribution in [0.25, 0.3) is 6.08 Å². The van der Waals surface area contributed by atoms with Gasteiger partial charge in [0.2, 0.25) is 11.8 Å². The Balaban J connectivity index is 2.15. The summed E-state index contributed by atoms with van der Waals surface area (Å²) < 4.78 is 2.03. The van der Waals surface area contributed by atoms with Gasteiger partial charge in [-0.1, -0.05) is 51.1 Å². The molecule has 30 heavy (non-hydrogen) atoms. The monoisotopic (exact) mass is 409 g/mol. The van der Waals surface area contributed by atoms with Crippen molar-refractivity contribution in [2.75, 3.05) is 13.1 Å². The van der Waals surface area contributed by atoms with Crippen LogP contribution in [-0.2, 0) is 23.2 Å². The first-order chi connectivity index (χ1) is 14.3. The van der Waals surface area contributed by atoms with Gasteiger partial charge in [-0.05, 0) is 43.0 Å². The van der Waals surface area contributed by atoms with Crippen LogP contribution in [-0.4, -0.2) is 45.3 Å². The summed E-state index contributed by atoms with van der Waals surface area (Å²) in [6.07, 6.45) is 6.15. The van der Waals surface area contributed by atoms with Gasteiger partial charge in [-0.2, -0.15) is 0 Å². The van der Waals surface area contributed by atoms with Crippen molar-refractivity contribution in [3.05, 3.63) is 66.0 Å². The lowest BCUT2D eigenvalue weighted by Crippen LogP contribution is -2.46. The van der Waals surface area contributed by atoms with E-state index in [4.69, 9.17) is 0 Å². The Hall–Kier alpha value is -2.82. The summed E-state index contributed by atoms with van der Waals surface area (Å²) in [5.41, 5.74) is 2.04. The molecule has 2 rings (SSSR count). The minimum Gasteiger partial charge on any atom is -0.353 e. The van der Waals surface area contributed by atoms with Crippen molar-refractivity contribution < 1.29 is 9.59 Å². The molecule has 0 saturated carbocycles. The number of rotatable bonds is 10. The second kappa shape index (κ2) is 11.4. The summed E-state index contributed by atoms with van der Waals surface area (Å²) in [4.78, 5) is 29.7. The third kappa shape index (κ3) is 6.90. The fourth-order valence-corrected chi connectivity index (χ4v) is 3.30. The average Bonchev–Trinajstić information content (AvgIpc) is 3.13. The number of hydrogen-bond acceptors (Lipinski definition) is 2. The van der Waals surface area contributed by atoms with E-state index in [9.17, 15) is 9.59 Å². The molecular formula is C25H35N3O2. The van der Waals surface area contributed by atoms with E-state index in [1.807, 2.05) is 79.0 Å². The summed E-state index contributed by atoms with van der Waals surface area (Å²) in [6, 6.07) is 13.7. The van der Waals surface area contributed by atoms with Gasteiger partial charge in [0.1, 0.15) is 6.54 Å². The lowest BCUT2D eigenvalue weighted by Gasteiger charge is -2.31. The number of aryl methyl sites for hydroxylation is 1. The van der Waals surface area contributed by atoms with E-state index in [0.29, 0.717) is 19.0 Å². The number of nitrogens with zero attached hydrogens (tertiary/aromatic N) is 3. The lowest BCUT2D eigenvalue weighted by atomic mass is 10.1. The molecule has 5 nitrogen and oxygen atoms in total. The van der Waals surface area contributed by atoms with Gasteiger partial charge in [0.05, 0.1) is 6.54 Å². The molecule has 0 fully saturated rings. The highest BCUT2D eigenvalue weighted by Crippen LogP contribution is 2.12. The summed E-state index contributed by atoms with van der Waals surface area (Å²) in [5.74, 6) is 0.191. The van der Waals surface area contributed by atoms with Gasteiger partial charge in [-0.15, -0.1) is 0 Å². The first-order valence-electron chi connectivity index (χ1n) is 10.7. The lowest BCUT2D eigenvalue weighted by molar-refractivity contribution is -0.140. The Kier molecular flexibility index (Phi) is 8.90. The molecule has 0 spiro atoms. The molecule has 1 aromatic heterocycles. The molecule has 2 aromatic rings. The molecule has 1 aromatic carbocycles. The van der Waals surface area contributed by atoms with Crippen LogP contribution in [0.15, 0.2) is 54.7 Å². The van der Waals surface area contributed by atoms with Gasteiger partial charge >= 0.3 is 0 Å². The second-order valence-electron chi connectivity index (χ2n) is 8.25. The minimum absolute atomic E-state index is 0.0159. The summed E-state index contributed by atoms with van der Waals surface area (Å²) >= 11 is 0. The molecule has 0 unspecified atom stereocenters.